The summed E-state index contributed by atoms with van der Waals surface area (Å²) in [6.07, 6.45) is 3.36. The largest absolute Gasteiger partial charge is 0.229 e. The van der Waals surface area contributed by atoms with Gasteiger partial charge in [0.15, 0.2) is 9.84 Å². The van der Waals surface area contributed by atoms with E-state index >= 15 is 0 Å². The quantitative estimate of drug-likeness (QED) is 0.372. The van der Waals surface area contributed by atoms with E-state index in [1.54, 1.807) is 0 Å². The average Bonchev–Trinajstić information content (AvgIpc) is 2.34. The van der Waals surface area contributed by atoms with Crippen LogP contribution in [0.4, 0.5) is 0 Å². The molecule has 0 bridgehead atoms. The number of hydrogen-bond acceptors (Lipinski definition) is 3. The van der Waals surface area contributed by atoms with Crippen LogP contribution < -0.4 is 0 Å². The minimum Gasteiger partial charge on any atom is -0.229 e. The smallest absolute Gasteiger partial charge is 0.150 e. The summed E-state index contributed by atoms with van der Waals surface area (Å²) in [7, 11) is -3.04. The highest BCUT2D eigenvalue weighted by molar-refractivity contribution is 7.91. The third-order valence-electron chi connectivity index (χ3n) is 2.17. The van der Waals surface area contributed by atoms with Crippen LogP contribution in [0.1, 0.15) is 19.3 Å². The molecule has 6 heteroatoms. The molecule has 0 N–H and O–H groups in total. The van der Waals surface area contributed by atoms with Crippen LogP contribution in [0.2, 0.25) is 0 Å². The van der Waals surface area contributed by atoms with Crippen LogP contribution in [-0.4, -0.2) is 26.0 Å². The molecule has 0 saturated heterocycles. The zero-order valence-electron chi connectivity index (χ0n) is 6.84. The van der Waals surface area contributed by atoms with Crippen molar-refractivity contribution in [3.8, 4) is 0 Å². The van der Waals surface area contributed by atoms with E-state index in [0.29, 0.717) is 12.8 Å². The third-order valence-corrected chi connectivity index (χ3v) is 3.82. The van der Waals surface area contributed by atoms with Crippen LogP contribution in [0.25, 0.3) is 10.4 Å². The van der Waals surface area contributed by atoms with Gasteiger partial charge in [-0.15, -0.1) is 0 Å². The Morgan fingerprint density at radius 2 is 2.17 bits per heavy atom. The molecule has 0 radical (unpaired) electrons. The van der Waals surface area contributed by atoms with Gasteiger partial charge in [0.1, 0.15) is 0 Å². The first kappa shape index (κ1) is 9.35. The maximum Gasteiger partial charge on any atom is 0.150 e. The van der Waals surface area contributed by atoms with Gasteiger partial charge in [-0.05, 0) is 18.4 Å². The molecule has 0 aromatic heterocycles. The Balaban J connectivity index is 2.84. The van der Waals surface area contributed by atoms with Crippen molar-refractivity contribution in [3.63, 3.8) is 0 Å². The van der Waals surface area contributed by atoms with Crippen LogP contribution in [0, 0.1) is 0 Å². The number of hydrogen-bond donors (Lipinski definition) is 0. The van der Waals surface area contributed by atoms with E-state index < -0.39 is 15.1 Å². The SMILES string of the molecule is CS(=O)(=O)C1CCCC1N=[N+]=[N-]. The van der Waals surface area contributed by atoms with Crippen molar-refractivity contribution in [2.45, 2.75) is 30.6 Å². The van der Waals surface area contributed by atoms with Gasteiger partial charge in [-0.3, -0.25) is 0 Å². The molecular formula is C6H11N3O2S. The first-order valence-electron chi connectivity index (χ1n) is 3.79. The van der Waals surface area contributed by atoms with Crippen molar-refractivity contribution < 1.29 is 8.42 Å². The molecule has 0 aromatic rings. The predicted octanol–water partition coefficient (Wildman–Crippen LogP) is 1.26. The minimum atomic E-state index is -3.04. The van der Waals surface area contributed by atoms with Crippen LogP contribution in [0.3, 0.4) is 0 Å². The topological polar surface area (TPSA) is 82.9 Å². The lowest BCUT2D eigenvalue weighted by molar-refractivity contribution is 0.573. The first-order valence-corrected chi connectivity index (χ1v) is 5.74. The molecule has 2 atom stereocenters. The molecule has 68 valence electrons. The van der Waals surface area contributed by atoms with Gasteiger partial charge in [0.05, 0.1) is 11.3 Å². The highest BCUT2D eigenvalue weighted by atomic mass is 32.2. The van der Waals surface area contributed by atoms with Gasteiger partial charge >= 0.3 is 0 Å². The molecule has 1 aliphatic carbocycles. The van der Waals surface area contributed by atoms with Gasteiger partial charge in [-0.2, -0.15) is 0 Å². The molecule has 0 amide bonds. The Hall–Kier alpha value is -0.740. The van der Waals surface area contributed by atoms with Crippen molar-refractivity contribution in [1.29, 1.82) is 0 Å². The van der Waals surface area contributed by atoms with Crippen LogP contribution >= 0.6 is 0 Å². The summed E-state index contributed by atoms with van der Waals surface area (Å²) < 4.78 is 22.3. The standard InChI is InChI=1S/C6H11N3O2S/c1-12(10,11)6-4-2-3-5(6)8-9-7/h5-6H,2-4H2,1H3. The fraction of sp³-hybridized carbons (Fsp3) is 1.00. The van der Waals surface area contributed by atoms with Crippen LogP contribution in [0.5, 0.6) is 0 Å². The summed E-state index contributed by atoms with van der Waals surface area (Å²) >= 11 is 0. The molecular weight excluding hydrogens is 178 g/mol. The number of nitrogens with zero attached hydrogens (tertiary/aromatic N) is 3. The number of azide groups is 1. The maximum atomic E-state index is 11.1. The normalized spacial score (nSPS) is 29.8. The number of rotatable bonds is 2. The highest BCUT2D eigenvalue weighted by Crippen LogP contribution is 2.27. The molecule has 0 spiro atoms. The Morgan fingerprint density at radius 3 is 2.67 bits per heavy atom. The fourth-order valence-electron chi connectivity index (χ4n) is 1.60. The zero-order chi connectivity index (χ0) is 9.19. The Kier molecular flexibility index (Phi) is 2.59. The van der Waals surface area contributed by atoms with Gasteiger partial charge in [0, 0.05) is 11.2 Å². The zero-order valence-corrected chi connectivity index (χ0v) is 7.66. The van der Waals surface area contributed by atoms with E-state index in [1.165, 1.54) is 6.26 Å². The highest BCUT2D eigenvalue weighted by Gasteiger charge is 2.33. The molecule has 1 aliphatic rings. The van der Waals surface area contributed by atoms with Gasteiger partial charge in [-0.25, -0.2) is 8.42 Å². The van der Waals surface area contributed by atoms with E-state index in [0.717, 1.165) is 6.42 Å². The second-order valence-corrected chi connectivity index (χ2v) is 5.34. The Labute approximate surface area is 71.3 Å². The lowest BCUT2D eigenvalue weighted by Crippen LogP contribution is -2.26. The van der Waals surface area contributed by atoms with Crippen molar-refractivity contribution in [3.05, 3.63) is 10.4 Å². The van der Waals surface area contributed by atoms with Crippen LogP contribution in [-0.2, 0) is 9.84 Å². The molecule has 5 nitrogen and oxygen atoms in total. The van der Waals surface area contributed by atoms with E-state index in [4.69, 9.17) is 5.53 Å². The molecule has 1 rings (SSSR count). The summed E-state index contributed by atoms with van der Waals surface area (Å²) in [6, 6.07) is -0.343. The summed E-state index contributed by atoms with van der Waals surface area (Å²) in [4.78, 5) is 2.64. The summed E-state index contributed by atoms with van der Waals surface area (Å²) in [5, 5.41) is 3.02. The third kappa shape index (κ3) is 1.89. The van der Waals surface area contributed by atoms with Gasteiger partial charge in [0.25, 0.3) is 0 Å². The van der Waals surface area contributed by atoms with Crippen LogP contribution in [0.15, 0.2) is 5.11 Å². The predicted molar refractivity (Wildman–Crippen MR) is 45.4 cm³/mol. The monoisotopic (exact) mass is 189 g/mol. The van der Waals surface area contributed by atoms with E-state index in [2.05, 4.69) is 10.0 Å². The van der Waals surface area contributed by atoms with Crippen molar-refractivity contribution in [2.75, 3.05) is 6.26 Å². The molecule has 0 aliphatic heterocycles. The van der Waals surface area contributed by atoms with Crippen molar-refractivity contribution in [2.24, 2.45) is 5.11 Å². The van der Waals surface area contributed by atoms with Gasteiger partial charge in [-0.1, -0.05) is 11.5 Å². The molecule has 0 aromatic carbocycles. The van der Waals surface area contributed by atoms with Gasteiger partial charge < -0.3 is 0 Å². The minimum absolute atomic E-state index is 0.343. The molecule has 0 heterocycles. The molecule has 1 saturated carbocycles. The maximum absolute atomic E-state index is 11.1. The second-order valence-electron chi connectivity index (χ2n) is 3.07. The molecule has 12 heavy (non-hydrogen) atoms. The Bertz CT molecular complexity index is 305. The fourth-order valence-corrected chi connectivity index (χ4v) is 2.96. The second kappa shape index (κ2) is 3.33. The van der Waals surface area contributed by atoms with Gasteiger partial charge in [0.2, 0.25) is 0 Å². The van der Waals surface area contributed by atoms with E-state index in [-0.39, 0.29) is 6.04 Å². The summed E-state index contributed by atoms with van der Waals surface area (Å²) in [5.41, 5.74) is 8.17. The van der Waals surface area contributed by atoms with E-state index in [1.807, 2.05) is 0 Å². The number of sulfone groups is 1. The summed E-state index contributed by atoms with van der Waals surface area (Å²) in [5.74, 6) is 0. The molecule has 1 fully saturated rings. The lowest BCUT2D eigenvalue weighted by Gasteiger charge is -2.11. The first-order chi connectivity index (χ1) is 5.55. The van der Waals surface area contributed by atoms with Crippen molar-refractivity contribution >= 4 is 9.84 Å². The average molecular weight is 189 g/mol. The summed E-state index contributed by atoms with van der Waals surface area (Å²) in [6.45, 7) is 0. The van der Waals surface area contributed by atoms with Crippen molar-refractivity contribution in [1.82, 2.24) is 0 Å². The molecule has 2 unspecified atom stereocenters. The Morgan fingerprint density at radius 1 is 1.50 bits per heavy atom. The van der Waals surface area contributed by atoms with E-state index in [9.17, 15) is 8.42 Å². The lowest BCUT2D eigenvalue weighted by atomic mass is 10.3.